The molecule has 22 heavy (non-hydrogen) atoms. The van der Waals surface area contributed by atoms with Crippen LogP contribution in [0.1, 0.15) is 39.5 Å². The average Bonchev–Trinajstić information content (AvgIpc) is 2.49. The van der Waals surface area contributed by atoms with Gasteiger partial charge in [-0.05, 0) is 30.7 Å². The van der Waals surface area contributed by atoms with Gasteiger partial charge in [0, 0.05) is 13.3 Å². The van der Waals surface area contributed by atoms with E-state index in [2.05, 4.69) is 11.7 Å². The lowest BCUT2D eigenvalue weighted by Crippen LogP contribution is -2.10. The van der Waals surface area contributed by atoms with Crippen molar-refractivity contribution < 1.29 is 28.5 Å². The Morgan fingerprint density at radius 1 is 0.909 bits per heavy atom. The highest BCUT2D eigenvalue weighted by Gasteiger charge is 2.03. The molecule has 0 saturated heterocycles. The molecule has 0 aliphatic heterocycles. The van der Waals surface area contributed by atoms with Gasteiger partial charge < -0.3 is 18.9 Å². The molecule has 0 saturated carbocycles. The van der Waals surface area contributed by atoms with Gasteiger partial charge in [0.15, 0.2) is 0 Å². The molecule has 6 heteroatoms. The Labute approximate surface area is 130 Å². The number of ether oxygens (including phenoxy) is 4. The zero-order chi connectivity index (χ0) is 16.2. The maximum Gasteiger partial charge on any atom is 0.308 e. The van der Waals surface area contributed by atoms with Crippen molar-refractivity contribution in [2.24, 2.45) is 0 Å². The van der Waals surface area contributed by atoms with E-state index >= 15 is 0 Å². The average molecular weight is 310 g/mol. The monoisotopic (exact) mass is 310 g/mol. The quantitative estimate of drug-likeness (QED) is 0.376. The second-order valence-corrected chi connectivity index (χ2v) is 4.61. The van der Waals surface area contributed by atoms with E-state index in [-0.39, 0.29) is 19.6 Å². The fourth-order valence-electron chi connectivity index (χ4n) is 1.57. The summed E-state index contributed by atoms with van der Waals surface area (Å²) in [6.45, 7) is 3.14. The fraction of sp³-hybridized carbons (Fsp3) is 0.500. The van der Waals surface area contributed by atoms with Crippen LogP contribution in [0.3, 0.4) is 0 Å². The van der Waals surface area contributed by atoms with Crippen molar-refractivity contribution in [3.05, 3.63) is 24.3 Å². The zero-order valence-corrected chi connectivity index (χ0v) is 13.0. The summed E-state index contributed by atoms with van der Waals surface area (Å²) in [7, 11) is 0. The van der Waals surface area contributed by atoms with Gasteiger partial charge in [0.05, 0.1) is 0 Å². The molecule has 0 fully saturated rings. The van der Waals surface area contributed by atoms with Gasteiger partial charge in [-0.1, -0.05) is 19.8 Å². The molecule has 6 nitrogen and oxygen atoms in total. The van der Waals surface area contributed by atoms with E-state index in [0.29, 0.717) is 17.9 Å². The lowest BCUT2D eigenvalue weighted by Gasteiger charge is -2.09. The topological polar surface area (TPSA) is 71.1 Å². The molecule has 1 aromatic carbocycles. The van der Waals surface area contributed by atoms with Crippen molar-refractivity contribution in [3.8, 4) is 11.5 Å². The third-order valence-corrected chi connectivity index (χ3v) is 2.74. The lowest BCUT2D eigenvalue weighted by atomic mass is 10.2. The molecule has 0 radical (unpaired) electrons. The number of hydrogen-bond donors (Lipinski definition) is 0. The number of carbonyl (C=O) groups is 2. The minimum absolute atomic E-state index is 0.112. The molecular formula is C16H22O6. The molecule has 0 atom stereocenters. The summed E-state index contributed by atoms with van der Waals surface area (Å²) in [6.07, 6.45) is 3.34. The normalized spacial score (nSPS) is 9.91. The number of rotatable bonds is 10. The van der Waals surface area contributed by atoms with Gasteiger partial charge in [-0.15, -0.1) is 0 Å². The molecule has 0 spiro atoms. The van der Waals surface area contributed by atoms with Gasteiger partial charge in [-0.3, -0.25) is 9.59 Å². The van der Waals surface area contributed by atoms with E-state index in [4.69, 9.17) is 14.2 Å². The minimum Gasteiger partial charge on any atom is -0.457 e. The highest BCUT2D eigenvalue weighted by Crippen LogP contribution is 2.17. The lowest BCUT2D eigenvalue weighted by molar-refractivity contribution is -0.150. The second-order valence-electron chi connectivity index (χ2n) is 4.61. The van der Waals surface area contributed by atoms with E-state index in [0.717, 1.165) is 19.3 Å². The van der Waals surface area contributed by atoms with E-state index in [9.17, 15) is 9.59 Å². The predicted octanol–water partition coefficient (Wildman–Crippen LogP) is 3.05. The van der Waals surface area contributed by atoms with Crippen LogP contribution in [0.25, 0.3) is 0 Å². The Balaban J connectivity index is 2.21. The molecule has 1 rings (SSSR count). The third-order valence-electron chi connectivity index (χ3n) is 2.74. The third kappa shape index (κ3) is 8.14. The van der Waals surface area contributed by atoms with Crippen LogP contribution < -0.4 is 9.47 Å². The minimum atomic E-state index is -0.402. The summed E-state index contributed by atoms with van der Waals surface area (Å²) in [5.74, 6) is 0.446. The molecule has 0 aromatic heterocycles. The smallest absolute Gasteiger partial charge is 0.308 e. The van der Waals surface area contributed by atoms with Crippen molar-refractivity contribution in [2.75, 3.05) is 13.6 Å². The molecule has 0 unspecified atom stereocenters. The number of carbonyl (C=O) groups excluding carboxylic acids is 2. The molecule has 0 heterocycles. The van der Waals surface area contributed by atoms with Crippen LogP contribution >= 0.6 is 0 Å². The Hall–Kier alpha value is -2.24. The molecule has 0 bridgehead atoms. The van der Waals surface area contributed by atoms with Crippen molar-refractivity contribution in [3.63, 3.8) is 0 Å². The van der Waals surface area contributed by atoms with Crippen molar-refractivity contribution >= 4 is 11.9 Å². The summed E-state index contributed by atoms with van der Waals surface area (Å²) >= 11 is 0. The number of esters is 2. The van der Waals surface area contributed by atoms with Crippen LogP contribution in [0.2, 0.25) is 0 Å². The molecule has 0 N–H and O–H groups in total. The van der Waals surface area contributed by atoms with Gasteiger partial charge in [-0.25, -0.2) is 0 Å². The number of benzene rings is 1. The Morgan fingerprint density at radius 2 is 1.45 bits per heavy atom. The summed E-state index contributed by atoms with van der Waals surface area (Å²) in [5, 5.41) is 0. The Morgan fingerprint density at radius 3 is 1.95 bits per heavy atom. The van der Waals surface area contributed by atoms with E-state index in [1.54, 1.807) is 24.3 Å². The highest BCUT2D eigenvalue weighted by atomic mass is 16.7. The van der Waals surface area contributed by atoms with Crippen LogP contribution in [-0.4, -0.2) is 25.5 Å². The van der Waals surface area contributed by atoms with Crippen LogP contribution in [0.4, 0.5) is 0 Å². The van der Waals surface area contributed by atoms with Gasteiger partial charge in [0.2, 0.25) is 13.6 Å². The fourth-order valence-corrected chi connectivity index (χ4v) is 1.57. The SMILES string of the molecule is CCCCCC(=O)OCOc1ccc(OCOC(C)=O)cc1. The second kappa shape index (κ2) is 10.5. The summed E-state index contributed by atoms with van der Waals surface area (Å²) < 4.78 is 20.1. The molecule has 122 valence electrons. The van der Waals surface area contributed by atoms with Crippen molar-refractivity contribution in [2.45, 2.75) is 39.5 Å². The van der Waals surface area contributed by atoms with Crippen LogP contribution in [0, 0.1) is 0 Å². The molecule has 0 aliphatic rings. The highest BCUT2D eigenvalue weighted by molar-refractivity contribution is 5.69. The molecule has 0 aliphatic carbocycles. The maximum atomic E-state index is 11.4. The standard InChI is InChI=1S/C16H22O6/c1-3-4-5-6-16(18)22-12-21-15-9-7-14(8-10-15)20-11-19-13(2)17/h7-10H,3-6,11-12H2,1-2H3. The maximum absolute atomic E-state index is 11.4. The van der Waals surface area contributed by atoms with Gasteiger partial charge >= 0.3 is 11.9 Å². The first kappa shape index (κ1) is 17.8. The molecular weight excluding hydrogens is 288 g/mol. The first-order valence-corrected chi connectivity index (χ1v) is 7.26. The number of unbranched alkanes of at least 4 members (excludes halogenated alkanes) is 2. The zero-order valence-electron chi connectivity index (χ0n) is 13.0. The molecule has 0 amide bonds. The van der Waals surface area contributed by atoms with Crippen LogP contribution in [0.15, 0.2) is 24.3 Å². The summed E-state index contributed by atoms with van der Waals surface area (Å²) in [5.41, 5.74) is 0. The Bertz CT molecular complexity index is 454. The van der Waals surface area contributed by atoms with E-state index < -0.39 is 5.97 Å². The summed E-state index contributed by atoms with van der Waals surface area (Å²) in [4.78, 5) is 22.0. The van der Waals surface area contributed by atoms with Gasteiger partial charge in [0.1, 0.15) is 11.5 Å². The van der Waals surface area contributed by atoms with Gasteiger partial charge in [-0.2, -0.15) is 0 Å². The largest absolute Gasteiger partial charge is 0.457 e. The van der Waals surface area contributed by atoms with E-state index in [1.165, 1.54) is 6.92 Å². The van der Waals surface area contributed by atoms with Crippen molar-refractivity contribution in [1.29, 1.82) is 0 Å². The van der Waals surface area contributed by atoms with E-state index in [1.807, 2.05) is 0 Å². The first-order chi connectivity index (χ1) is 10.6. The van der Waals surface area contributed by atoms with Crippen molar-refractivity contribution in [1.82, 2.24) is 0 Å². The Kier molecular flexibility index (Phi) is 8.49. The molecule has 1 aromatic rings. The number of hydrogen-bond acceptors (Lipinski definition) is 6. The first-order valence-electron chi connectivity index (χ1n) is 7.26. The van der Waals surface area contributed by atoms with Crippen LogP contribution in [-0.2, 0) is 19.1 Å². The predicted molar refractivity (Wildman–Crippen MR) is 79.4 cm³/mol. The van der Waals surface area contributed by atoms with Crippen LogP contribution in [0.5, 0.6) is 11.5 Å². The summed E-state index contributed by atoms with van der Waals surface area (Å²) in [6, 6.07) is 6.69. The van der Waals surface area contributed by atoms with Gasteiger partial charge in [0.25, 0.3) is 0 Å².